The molecule has 0 radical (unpaired) electrons. The number of nitrogens with zero attached hydrogens (tertiary/aromatic N) is 3. The van der Waals surface area contributed by atoms with E-state index in [0.717, 1.165) is 0 Å². The zero-order chi connectivity index (χ0) is 13.0. The fourth-order valence-corrected chi connectivity index (χ4v) is 1.77. The summed E-state index contributed by atoms with van der Waals surface area (Å²) in [6.45, 7) is 0. The zero-order valence-electron chi connectivity index (χ0n) is 9.12. The second kappa shape index (κ2) is 5.50. The third-order valence-electron chi connectivity index (χ3n) is 2.21. The van der Waals surface area contributed by atoms with Gasteiger partial charge in [0.2, 0.25) is 5.78 Å². The average molecular weight is 306 g/mol. The number of hydrogen-bond donors (Lipinski definition) is 1. The lowest BCUT2D eigenvalue weighted by Gasteiger charge is -2.03. The van der Waals surface area contributed by atoms with Crippen molar-refractivity contribution in [3.63, 3.8) is 0 Å². The molecule has 2 aromatic rings. The van der Waals surface area contributed by atoms with Gasteiger partial charge in [-0.25, -0.2) is 4.98 Å². The fourth-order valence-electron chi connectivity index (χ4n) is 1.40. The molecule has 0 bridgehead atoms. The number of carbonyl (C=O) groups is 1. The molecule has 2 aromatic heterocycles. The summed E-state index contributed by atoms with van der Waals surface area (Å²) < 4.78 is 0.551. The summed E-state index contributed by atoms with van der Waals surface area (Å²) in [5.74, 6) is -0.448. The van der Waals surface area contributed by atoms with Crippen LogP contribution in [-0.2, 0) is 0 Å². The summed E-state index contributed by atoms with van der Waals surface area (Å²) in [5.41, 5.74) is 0.616. The van der Waals surface area contributed by atoms with Gasteiger partial charge < -0.3 is 5.21 Å². The van der Waals surface area contributed by atoms with Crippen molar-refractivity contribution in [3.8, 4) is 0 Å². The van der Waals surface area contributed by atoms with E-state index >= 15 is 0 Å². The van der Waals surface area contributed by atoms with Gasteiger partial charge in [0.15, 0.2) is 5.71 Å². The van der Waals surface area contributed by atoms with Gasteiger partial charge in [-0.3, -0.25) is 9.78 Å². The number of aromatic nitrogens is 2. The Morgan fingerprint density at radius 3 is 2.67 bits per heavy atom. The number of pyridine rings is 2. The molecule has 0 unspecified atom stereocenters. The Labute approximate surface area is 111 Å². The van der Waals surface area contributed by atoms with Crippen LogP contribution >= 0.6 is 15.9 Å². The second-order valence-electron chi connectivity index (χ2n) is 3.36. The molecule has 0 amide bonds. The second-order valence-corrected chi connectivity index (χ2v) is 4.17. The third-order valence-corrected chi connectivity index (χ3v) is 2.65. The Hall–Kier alpha value is -2.08. The van der Waals surface area contributed by atoms with Crippen molar-refractivity contribution < 1.29 is 10.0 Å². The van der Waals surface area contributed by atoms with Gasteiger partial charge in [-0.05, 0) is 40.2 Å². The fraction of sp³-hybridized carbons (Fsp3) is 0. The minimum atomic E-state index is -0.448. The van der Waals surface area contributed by atoms with Crippen LogP contribution in [-0.4, -0.2) is 26.7 Å². The Balaban J connectivity index is 2.39. The SMILES string of the molecule is O=C(/C(=N/O)c1ccnc(Br)c1)c1ccccn1. The summed E-state index contributed by atoms with van der Waals surface area (Å²) in [6.07, 6.45) is 3.01. The molecule has 2 rings (SSSR count). The molecular formula is C12H8BrN3O2. The van der Waals surface area contributed by atoms with Crippen molar-refractivity contribution in [1.82, 2.24) is 9.97 Å². The normalized spacial score (nSPS) is 11.3. The van der Waals surface area contributed by atoms with Gasteiger partial charge in [-0.15, -0.1) is 0 Å². The molecule has 90 valence electrons. The minimum absolute atomic E-state index is 0.0724. The van der Waals surface area contributed by atoms with Gasteiger partial charge in [0.25, 0.3) is 0 Å². The van der Waals surface area contributed by atoms with Crippen LogP contribution in [0, 0.1) is 0 Å². The van der Waals surface area contributed by atoms with E-state index in [1.54, 1.807) is 30.3 Å². The number of hydrogen-bond acceptors (Lipinski definition) is 5. The van der Waals surface area contributed by atoms with Crippen molar-refractivity contribution in [2.24, 2.45) is 5.16 Å². The molecule has 0 aliphatic rings. The van der Waals surface area contributed by atoms with E-state index in [2.05, 4.69) is 31.1 Å². The van der Waals surface area contributed by atoms with Crippen LogP contribution in [0.3, 0.4) is 0 Å². The van der Waals surface area contributed by atoms with Crippen LogP contribution in [0.15, 0.2) is 52.5 Å². The lowest BCUT2D eigenvalue weighted by Crippen LogP contribution is -2.17. The van der Waals surface area contributed by atoms with Gasteiger partial charge in [-0.1, -0.05) is 11.2 Å². The van der Waals surface area contributed by atoms with Crippen molar-refractivity contribution in [3.05, 3.63) is 58.6 Å². The molecule has 0 atom stereocenters. The molecule has 0 aliphatic carbocycles. The van der Waals surface area contributed by atoms with Crippen molar-refractivity contribution in [2.75, 3.05) is 0 Å². The highest BCUT2D eigenvalue weighted by molar-refractivity contribution is 9.10. The predicted octanol–water partition coefficient (Wildman–Crippen LogP) is 2.30. The number of oxime groups is 1. The molecule has 1 N–H and O–H groups in total. The first-order chi connectivity index (χ1) is 8.72. The summed E-state index contributed by atoms with van der Waals surface area (Å²) in [4.78, 5) is 20.0. The van der Waals surface area contributed by atoms with Crippen molar-refractivity contribution in [2.45, 2.75) is 0 Å². The number of carbonyl (C=O) groups excluding carboxylic acids is 1. The van der Waals surface area contributed by atoms with Gasteiger partial charge in [0.05, 0.1) is 0 Å². The zero-order valence-corrected chi connectivity index (χ0v) is 10.7. The highest BCUT2D eigenvalue weighted by Crippen LogP contribution is 2.11. The molecule has 0 aliphatic heterocycles. The van der Waals surface area contributed by atoms with E-state index in [1.807, 2.05) is 0 Å². The van der Waals surface area contributed by atoms with E-state index in [1.165, 1.54) is 12.4 Å². The van der Waals surface area contributed by atoms with Crippen molar-refractivity contribution in [1.29, 1.82) is 0 Å². The number of rotatable bonds is 3. The first kappa shape index (κ1) is 12.4. The van der Waals surface area contributed by atoms with Gasteiger partial charge >= 0.3 is 0 Å². The maximum absolute atomic E-state index is 12.1. The summed E-state index contributed by atoms with van der Waals surface area (Å²) >= 11 is 3.19. The predicted molar refractivity (Wildman–Crippen MR) is 68.8 cm³/mol. The van der Waals surface area contributed by atoms with Crippen LogP contribution in [0.2, 0.25) is 0 Å². The molecule has 0 spiro atoms. The number of halogens is 1. The Morgan fingerprint density at radius 1 is 1.22 bits per heavy atom. The molecule has 18 heavy (non-hydrogen) atoms. The summed E-state index contributed by atoms with van der Waals surface area (Å²) in [6, 6.07) is 8.13. The lowest BCUT2D eigenvalue weighted by molar-refractivity contribution is 0.105. The largest absolute Gasteiger partial charge is 0.410 e. The highest BCUT2D eigenvalue weighted by atomic mass is 79.9. The quantitative estimate of drug-likeness (QED) is 0.310. The van der Waals surface area contributed by atoms with E-state index in [-0.39, 0.29) is 11.4 Å². The Bertz CT molecular complexity index is 599. The van der Waals surface area contributed by atoms with E-state index < -0.39 is 5.78 Å². The number of Topliss-reactive ketones (excluding diaryl/α,β-unsaturated/α-hetero) is 1. The standard InChI is InChI=1S/C12H8BrN3O2/c13-10-7-8(4-6-15-10)11(16-18)12(17)9-3-1-2-5-14-9/h1-7,18H/b16-11+. The maximum atomic E-state index is 12.1. The van der Waals surface area contributed by atoms with E-state index in [9.17, 15) is 4.79 Å². The smallest absolute Gasteiger partial charge is 0.233 e. The summed E-state index contributed by atoms with van der Waals surface area (Å²) in [5, 5.41) is 12.1. The Morgan fingerprint density at radius 2 is 2.06 bits per heavy atom. The molecule has 6 heteroatoms. The third kappa shape index (κ3) is 2.60. The van der Waals surface area contributed by atoms with Gasteiger partial charge in [0.1, 0.15) is 10.3 Å². The van der Waals surface area contributed by atoms with Crippen molar-refractivity contribution >= 4 is 27.4 Å². The highest BCUT2D eigenvalue weighted by Gasteiger charge is 2.18. The number of ketones is 1. The molecule has 0 fully saturated rings. The minimum Gasteiger partial charge on any atom is -0.410 e. The molecular weight excluding hydrogens is 298 g/mol. The van der Waals surface area contributed by atoms with Gasteiger partial charge in [-0.2, -0.15) is 0 Å². The molecule has 2 heterocycles. The first-order valence-corrected chi connectivity index (χ1v) is 5.81. The monoisotopic (exact) mass is 305 g/mol. The van der Waals surface area contributed by atoms with Crippen LogP contribution in [0.5, 0.6) is 0 Å². The molecule has 0 saturated carbocycles. The topological polar surface area (TPSA) is 75.4 Å². The van der Waals surface area contributed by atoms with Crippen LogP contribution in [0.25, 0.3) is 0 Å². The lowest BCUT2D eigenvalue weighted by atomic mass is 10.1. The Kier molecular flexibility index (Phi) is 3.78. The van der Waals surface area contributed by atoms with Crippen LogP contribution in [0.1, 0.15) is 16.1 Å². The van der Waals surface area contributed by atoms with Gasteiger partial charge in [0, 0.05) is 18.0 Å². The van der Waals surface area contributed by atoms with E-state index in [0.29, 0.717) is 10.2 Å². The first-order valence-electron chi connectivity index (χ1n) is 5.02. The van der Waals surface area contributed by atoms with Crippen LogP contribution in [0.4, 0.5) is 0 Å². The molecule has 5 nitrogen and oxygen atoms in total. The average Bonchev–Trinajstić information content (AvgIpc) is 2.40. The molecule has 0 aromatic carbocycles. The summed E-state index contributed by atoms with van der Waals surface area (Å²) in [7, 11) is 0. The molecule has 0 saturated heterocycles. The maximum Gasteiger partial charge on any atom is 0.233 e. The van der Waals surface area contributed by atoms with E-state index in [4.69, 9.17) is 5.21 Å². The van der Waals surface area contributed by atoms with Crippen LogP contribution < -0.4 is 0 Å².